The van der Waals surface area contributed by atoms with E-state index in [1.54, 1.807) is 12.1 Å². The number of ether oxygens (including phenoxy) is 2. The number of amides is 1. The van der Waals surface area contributed by atoms with E-state index in [1.165, 1.54) is 12.0 Å². The van der Waals surface area contributed by atoms with Crippen molar-refractivity contribution in [3.63, 3.8) is 0 Å². The molecule has 1 saturated heterocycles. The maximum Gasteiger partial charge on any atom is 0.421 e. The Hall–Kier alpha value is -3.13. The standard InChI is InChI=1S/C27H36N2O5Si/c1-27(2,3)35(5,6)34-25-21-13-10-14-28(21)17-20-15-24(32-4)23(30)16-22(20)29(25)26(31)33-18-19-11-8-7-9-12-19/h7-9,11-12,15-16,30H,10,13-14,17-18H2,1-6H3. The molecular weight excluding hydrogens is 460 g/mol. The molecule has 1 fully saturated rings. The molecule has 0 spiro atoms. The predicted molar refractivity (Wildman–Crippen MR) is 139 cm³/mol. The van der Waals surface area contributed by atoms with Crippen molar-refractivity contribution in [3.05, 3.63) is 65.2 Å². The van der Waals surface area contributed by atoms with E-state index in [-0.39, 0.29) is 17.4 Å². The van der Waals surface area contributed by atoms with Crippen LogP contribution in [-0.4, -0.2) is 38.1 Å². The third kappa shape index (κ3) is 4.98. The van der Waals surface area contributed by atoms with E-state index in [0.717, 1.165) is 36.2 Å². The highest BCUT2D eigenvalue weighted by Gasteiger charge is 2.44. The number of phenols is 1. The fraction of sp³-hybridized carbons (Fsp3) is 0.444. The molecular formula is C27H36N2O5Si. The topological polar surface area (TPSA) is 71.5 Å². The largest absolute Gasteiger partial charge is 0.530 e. The number of nitrogens with zero attached hydrogens (tertiary/aromatic N) is 2. The first-order valence-corrected chi connectivity index (χ1v) is 15.0. The minimum atomic E-state index is -2.32. The quantitative estimate of drug-likeness (QED) is 0.487. The summed E-state index contributed by atoms with van der Waals surface area (Å²) in [5.74, 6) is 0.859. The van der Waals surface area contributed by atoms with Crippen molar-refractivity contribution in [2.75, 3.05) is 18.6 Å². The number of aromatic hydroxyl groups is 1. The van der Waals surface area contributed by atoms with Gasteiger partial charge in [-0.15, -0.1) is 0 Å². The lowest BCUT2D eigenvalue weighted by molar-refractivity contribution is 0.145. The number of allylic oxidation sites excluding steroid dienone is 1. The van der Waals surface area contributed by atoms with Crippen LogP contribution in [0.5, 0.6) is 11.5 Å². The minimum Gasteiger partial charge on any atom is -0.530 e. The fourth-order valence-electron chi connectivity index (χ4n) is 4.15. The molecule has 8 heteroatoms. The Morgan fingerprint density at radius 1 is 1.14 bits per heavy atom. The molecule has 7 nitrogen and oxygen atoms in total. The third-order valence-corrected chi connectivity index (χ3v) is 11.5. The Kier molecular flexibility index (Phi) is 6.77. The van der Waals surface area contributed by atoms with Crippen molar-refractivity contribution in [2.24, 2.45) is 0 Å². The minimum absolute atomic E-state index is 0.0363. The van der Waals surface area contributed by atoms with Crippen LogP contribution in [0.15, 0.2) is 54.0 Å². The van der Waals surface area contributed by atoms with Crippen molar-refractivity contribution >= 4 is 20.1 Å². The van der Waals surface area contributed by atoms with Crippen molar-refractivity contribution in [1.82, 2.24) is 4.90 Å². The summed E-state index contributed by atoms with van der Waals surface area (Å²) in [5, 5.41) is 10.6. The molecule has 0 bridgehead atoms. The summed E-state index contributed by atoms with van der Waals surface area (Å²) < 4.78 is 18.1. The molecule has 0 unspecified atom stereocenters. The number of carbonyl (C=O) groups excluding carboxylic acids is 1. The molecule has 0 radical (unpaired) electrons. The maximum atomic E-state index is 13.8. The third-order valence-electron chi connectivity index (χ3n) is 7.20. The van der Waals surface area contributed by atoms with Gasteiger partial charge in [-0.25, -0.2) is 9.69 Å². The molecule has 4 rings (SSSR count). The van der Waals surface area contributed by atoms with Crippen LogP contribution >= 0.6 is 0 Å². The summed E-state index contributed by atoms with van der Waals surface area (Å²) in [4.78, 5) is 17.6. The first kappa shape index (κ1) is 25.0. The van der Waals surface area contributed by atoms with Gasteiger partial charge in [0.1, 0.15) is 6.61 Å². The van der Waals surface area contributed by atoms with Gasteiger partial charge in [0.2, 0.25) is 5.88 Å². The summed E-state index contributed by atoms with van der Waals surface area (Å²) >= 11 is 0. The molecule has 1 N–H and O–H groups in total. The molecule has 2 aliphatic heterocycles. The van der Waals surface area contributed by atoms with Gasteiger partial charge in [0.05, 0.1) is 18.5 Å². The molecule has 0 atom stereocenters. The number of methoxy groups -OCH3 is 1. The lowest BCUT2D eigenvalue weighted by atomic mass is 10.1. The van der Waals surface area contributed by atoms with Gasteiger partial charge in [-0.1, -0.05) is 51.1 Å². The van der Waals surface area contributed by atoms with E-state index in [4.69, 9.17) is 13.9 Å². The van der Waals surface area contributed by atoms with Crippen LogP contribution in [0.3, 0.4) is 0 Å². The lowest BCUT2D eigenvalue weighted by Crippen LogP contribution is -2.45. The molecule has 1 amide bonds. The number of hydrogen-bond acceptors (Lipinski definition) is 6. The Labute approximate surface area is 209 Å². The van der Waals surface area contributed by atoms with Gasteiger partial charge in [0.15, 0.2) is 11.5 Å². The highest BCUT2D eigenvalue weighted by Crippen LogP contribution is 2.45. The van der Waals surface area contributed by atoms with Gasteiger partial charge in [0.25, 0.3) is 8.32 Å². The molecule has 2 aliphatic rings. The second-order valence-corrected chi connectivity index (χ2v) is 15.4. The average molecular weight is 497 g/mol. The highest BCUT2D eigenvalue weighted by molar-refractivity contribution is 6.74. The Balaban J connectivity index is 1.82. The summed E-state index contributed by atoms with van der Waals surface area (Å²) in [6, 6.07) is 13.0. The SMILES string of the molecule is COc1cc2c(cc1O)N(C(=O)OCc1ccccc1)C(O[Si](C)(C)C(C)(C)C)=C1CCCN1C2. The zero-order valence-corrected chi connectivity index (χ0v) is 22.6. The Bertz CT molecular complexity index is 1120. The van der Waals surface area contributed by atoms with Crippen LogP contribution in [0.2, 0.25) is 18.1 Å². The first-order chi connectivity index (χ1) is 16.5. The number of anilines is 1. The van der Waals surface area contributed by atoms with E-state index in [9.17, 15) is 9.90 Å². The van der Waals surface area contributed by atoms with Crippen LogP contribution in [0, 0.1) is 0 Å². The molecule has 0 saturated carbocycles. The molecule has 188 valence electrons. The highest BCUT2D eigenvalue weighted by atomic mass is 28.4. The normalized spacial score (nSPS) is 15.9. The summed E-state index contributed by atoms with van der Waals surface area (Å²) in [6.45, 7) is 12.5. The number of hydrogen-bond donors (Lipinski definition) is 1. The number of carbonyl (C=O) groups is 1. The molecule has 2 aromatic rings. The van der Waals surface area contributed by atoms with E-state index in [0.29, 0.717) is 23.9 Å². The molecule has 0 aliphatic carbocycles. The monoisotopic (exact) mass is 496 g/mol. The van der Waals surface area contributed by atoms with Crippen LogP contribution in [0.1, 0.15) is 44.7 Å². The van der Waals surface area contributed by atoms with E-state index in [1.807, 2.05) is 30.3 Å². The Morgan fingerprint density at radius 3 is 2.51 bits per heavy atom. The smallest absolute Gasteiger partial charge is 0.421 e. The van der Waals surface area contributed by atoms with E-state index < -0.39 is 14.4 Å². The second kappa shape index (κ2) is 9.49. The summed E-state index contributed by atoms with van der Waals surface area (Å²) in [6.07, 6.45) is 1.26. The summed E-state index contributed by atoms with van der Waals surface area (Å²) in [7, 11) is -0.800. The number of phenolic OH excluding ortho intramolecular Hbond substituents is 1. The zero-order valence-electron chi connectivity index (χ0n) is 21.6. The second-order valence-electron chi connectivity index (χ2n) is 10.7. The molecule has 35 heavy (non-hydrogen) atoms. The van der Waals surface area contributed by atoms with Crippen LogP contribution in [0.4, 0.5) is 10.5 Å². The van der Waals surface area contributed by atoms with Gasteiger partial charge < -0.3 is 23.9 Å². The van der Waals surface area contributed by atoms with E-state index in [2.05, 4.69) is 38.8 Å². The van der Waals surface area contributed by atoms with Crippen molar-refractivity contribution in [1.29, 1.82) is 0 Å². The van der Waals surface area contributed by atoms with Crippen molar-refractivity contribution in [2.45, 2.75) is 64.9 Å². The van der Waals surface area contributed by atoms with Gasteiger partial charge >= 0.3 is 6.09 Å². The van der Waals surface area contributed by atoms with Gasteiger partial charge in [0, 0.05) is 19.2 Å². The van der Waals surface area contributed by atoms with Crippen molar-refractivity contribution in [3.8, 4) is 11.5 Å². The average Bonchev–Trinajstić information content (AvgIpc) is 3.22. The van der Waals surface area contributed by atoms with Gasteiger partial charge in [-0.2, -0.15) is 0 Å². The van der Waals surface area contributed by atoms with Crippen LogP contribution in [-0.2, 0) is 22.3 Å². The molecule has 2 aromatic carbocycles. The summed E-state index contributed by atoms with van der Waals surface area (Å²) in [5.41, 5.74) is 3.32. The van der Waals surface area contributed by atoms with Gasteiger partial charge in [-0.3, -0.25) is 0 Å². The van der Waals surface area contributed by atoms with Crippen LogP contribution in [0.25, 0.3) is 0 Å². The number of rotatable bonds is 5. The van der Waals surface area contributed by atoms with Gasteiger partial charge in [-0.05, 0) is 48.2 Å². The molecule has 2 heterocycles. The first-order valence-electron chi connectivity index (χ1n) is 12.1. The molecule has 0 aromatic heterocycles. The van der Waals surface area contributed by atoms with E-state index >= 15 is 0 Å². The van der Waals surface area contributed by atoms with Crippen LogP contribution < -0.4 is 9.64 Å². The predicted octanol–water partition coefficient (Wildman–Crippen LogP) is 6.34. The fourth-order valence-corrected chi connectivity index (χ4v) is 5.15. The van der Waals surface area contributed by atoms with Crippen molar-refractivity contribution < 1.29 is 23.8 Å². The maximum absolute atomic E-state index is 13.8. The lowest BCUT2D eigenvalue weighted by Gasteiger charge is -2.40. The number of benzene rings is 2. The number of fused-ring (bicyclic) bond motifs is 2. The zero-order chi connectivity index (χ0) is 25.4. The Morgan fingerprint density at radius 2 is 1.86 bits per heavy atom.